The molecule has 1 heterocycles. The Bertz CT molecular complexity index is 366. The molecule has 4 nitrogen and oxygen atoms in total. The Kier molecular flexibility index (Phi) is 3.72. The molecule has 0 saturated heterocycles. The van der Waals surface area contributed by atoms with Crippen LogP contribution >= 0.6 is 0 Å². The first-order valence-electron chi connectivity index (χ1n) is 6.05. The lowest BCUT2D eigenvalue weighted by Crippen LogP contribution is -2.09. The zero-order valence-corrected chi connectivity index (χ0v) is 10.0. The van der Waals surface area contributed by atoms with Crippen LogP contribution in [0, 0.1) is 0 Å². The van der Waals surface area contributed by atoms with E-state index in [4.69, 9.17) is 4.74 Å². The van der Waals surface area contributed by atoms with E-state index in [1.165, 1.54) is 17.7 Å². The summed E-state index contributed by atoms with van der Waals surface area (Å²) in [7, 11) is 0. The monoisotopic (exact) mass is 221 g/mol. The van der Waals surface area contributed by atoms with Crippen LogP contribution in [-0.2, 0) is 24.2 Å². The average Bonchev–Trinajstić information content (AvgIpc) is 2.75. The molecule has 0 unspecified atom stereocenters. The average molecular weight is 221 g/mol. The lowest BCUT2D eigenvalue weighted by molar-refractivity contribution is 0.128. The van der Waals surface area contributed by atoms with Crippen LogP contribution in [0.5, 0.6) is 0 Å². The first kappa shape index (κ1) is 11.3. The summed E-state index contributed by atoms with van der Waals surface area (Å²) in [6.07, 6.45) is 3.38. The summed E-state index contributed by atoms with van der Waals surface area (Å²) in [5.74, 6) is 1.82. The predicted molar refractivity (Wildman–Crippen MR) is 63.6 cm³/mol. The number of fused-ring (bicyclic) bond motifs is 1. The first-order valence-corrected chi connectivity index (χ1v) is 6.05. The highest BCUT2D eigenvalue weighted by Gasteiger charge is 2.18. The molecule has 0 spiro atoms. The van der Waals surface area contributed by atoms with Gasteiger partial charge in [0.2, 0.25) is 0 Å². The Balaban J connectivity index is 2.24. The highest BCUT2D eigenvalue weighted by atomic mass is 16.5. The number of nitrogens with one attached hydrogen (secondary N) is 1. The second kappa shape index (κ2) is 5.25. The largest absolute Gasteiger partial charge is 0.374 e. The molecule has 88 valence electrons. The summed E-state index contributed by atoms with van der Waals surface area (Å²) in [4.78, 5) is 9.08. The van der Waals surface area contributed by atoms with Crippen LogP contribution in [0.3, 0.4) is 0 Å². The van der Waals surface area contributed by atoms with Gasteiger partial charge in [0.1, 0.15) is 12.4 Å². The minimum Gasteiger partial charge on any atom is -0.374 e. The van der Waals surface area contributed by atoms with Gasteiger partial charge in [-0.05, 0) is 33.1 Å². The highest BCUT2D eigenvalue weighted by molar-refractivity contribution is 5.48. The number of nitrogens with zero attached hydrogens (tertiary/aromatic N) is 2. The van der Waals surface area contributed by atoms with Gasteiger partial charge in [-0.3, -0.25) is 0 Å². The van der Waals surface area contributed by atoms with Crippen molar-refractivity contribution in [3.63, 3.8) is 0 Å². The van der Waals surface area contributed by atoms with E-state index in [2.05, 4.69) is 22.2 Å². The van der Waals surface area contributed by atoms with Crippen LogP contribution in [0.2, 0.25) is 0 Å². The molecular formula is C12H19N3O. The number of hydrogen-bond acceptors (Lipinski definition) is 4. The second-order valence-corrected chi connectivity index (χ2v) is 3.93. The van der Waals surface area contributed by atoms with Gasteiger partial charge in [-0.25, -0.2) is 9.97 Å². The Morgan fingerprint density at radius 2 is 2.12 bits per heavy atom. The third-order valence-electron chi connectivity index (χ3n) is 2.76. The van der Waals surface area contributed by atoms with E-state index in [-0.39, 0.29) is 0 Å². The summed E-state index contributed by atoms with van der Waals surface area (Å²) in [5.41, 5.74) is 2.52. The van der Waals surface area contributed by atoms with Gasteiger partial charge >= 0.3 is 0 Å². The number of anilines is 1. The molecule has 1 aliphatic carbocycles. The van der Waals surface area contributed by atoms with Gasteiger partial charge in [-0.2, -0.15) is 0 Å². The van der Waals surface area contributed by atoms with Gasteiger partial charge < -0.3 is 10.1 Å². The summed E-state index contributed by atoms with van der Waals surface area (Å²) in [5, 5.41) is 3.32. The summed E-state index contributed by atoms with van der Waals surface area (Å²) in [6.45, 7) is 6.20. The Morgan fingerprint density at radius 1 is 1.25 bits per heavy atom. The molecule has 1 aromatic heterocycles. The zero-order chi connectivity index (χ0) is 11.4. The van der Waals surface area contributed by atoms with Gasteiger partial charge in [0.25, 0.3) is 0 Å². The number of aromatic nitrogens is 2. The fourth-order valence-corrected chi connectivity index (χ4v) is 2.06. The number of rotatable bonds is 5. The van der Waals surface area contributed by atoms with E-state index < -0.39 is 0 Å². The van der Waals surface area contributed by atoms with Crippen LogP contribution in [-0.4, -0.2) is 23.1 Å². The van der Waals surface area contributed by atoms with Crippen molar-refractivity contribution in [3.8, 4) is 0 Å². The lowest BCUT2D eigenvalue weighted by atomic mass is 10.2. The van der Waals surface area contributed by atoms with Crippen molar-refractivity contribution in [2.45, 2.75) is 39.7 Å². The van der Waals surface area contributed by atoms with E-state index in [0.717, 1.165) is 31.0 Å². The molecular weight excluding hydrogens is 202 g/mol. The topological polar surface area (TPSA) is 47.0 Å². The number of aryl methyl sites for hydroxylation is 1. The van der Waals surface area contributed by atoms with Gasteiger partial charge in [0.15, 0.2) is 5.82 Å². The highest BCUT2D eigenvalue weighted by Crippen LogP contribution is 2.26. The molecule has 0 aliphatic heterocycles. The van der Waals surface area contributed by atoms with Crippen LogP contribution in [0.25, 0.3) is 0 Å². The fraction of sp³-hybridized carbons (Fsp3) is 0.667. The van der Waals surface area contributed by atoms with Crippen molar-refractivity contribution in [2.24, 2.45) is 0 Å². The van der Waals surface area contributed by atoms with Crippen LogP contribution in [0.1, 0.15) is 37.4 Å². The SMILES string of the molecule is CCNc1nc(COCC)nc2c1CCC2. The molecule has 1 N–H and O–H groups in total. The number of ether oxygens (including phenoxy) is 1. The second-order valence-electron chi connectivity index (χ2n) is 3.93. The molecule has 16 heavy (non-hydrogen) atoms. The van der Waals surface area contributed by atoms with E-state index >= 15 is 0 Å². The Labute approximate surface area is 96.4 Å². The molecule has 0 aromatic carbocycles. The molecule has 0 atom stereocenters. The van der Waals surface area contributed by atoms with Crippen molar-refractivity contribution < 1.29 is 4.74 Å². The van der Waals surface area contributed by atoms with Crippen molar-refractivity contribution in [1.29, 1.82) is 0 Å². The van der Waals surface area contributed by atoms with E-state index in [1.54, 1.807) is 0 Å². The number of hydrogen-bond donors (Lipinski definition) is 1. The normalized spacial score (nSPS) is 13.9. The van der Waals surface area contributed by atoms with E-state index in [9.17, 15) is 0 Å². The van der Waals surface area contributed by atoms with Gasteiger partial charge in [-0.1, -0.05) is 0 Å². The Hall–Kier alpha value is -1.16. The van der Waals surface area contributed by atoms with Crippen molar-refractivity contribution in [1.82, 2.24) is 9.97 Å². The first-order chi connectivity index (χ1) is 7.85. The molecule has 1 aliphatic rings. The summed E-state index contributed by atoms with van der Waals surface area (Å²) < 4.78 is 5.36. The smallest absolute Gasteiger partial charge is 0.156 e. The van der Waals surface area contributed by atoms with Crippen molar-refractivity contribution >= 4 is 5.82 Å². The lowest BCUT2D eigenvalue weighted by Gasteiger charge is -2.10. The molecule has 0 amide bonds. The van der Waals surface area contributed by atoms with Crippen LogP contribution in [0.4, 0.5) is 5.82 Å². The molecule has 0 bridgehead atoms. The van der Waals surface area contributed by atoms with Crippen LogP contribution in [0.15, 0.2) is 0 Å². The van der Waals surface area contributed by atoms with E-state index in [1.807, 2.05) is 6.92 Å². The third kappa shape index (κ3) is 2.32. The molecule has 0 saturated carbocycles. The zero-order valence-electron chi connectivity index (χ0n) is 10.0. The van der Waals surface area contributed by atoms with Gasteiger partial charge in [-0.15, -0.1) is 0 Å². The maximum Gasteiger partial charge on any atom is 0.156 e. The van der Waals surface area contributed by atoms with Gasteiger partial charge in [0.05, 0.1) is 0 Å². The maximum absolute atomic E-state index is 5.36. The predicted octanol–water partition coefficient (Wildman–Crippen LogP) is 1.93. The third-order valence-corrected chi connectivity index (χ3v) is 2.76. The van der Waals surface area contributed by atoms with Crippen LogP contribution < -0.4 is 5.32 Å². The minimum atomic E-state index is 0.516. The standard InChI is InChI=1S/C12H19N3O/c1-3-13-12-9-6-5-7-10(9)14-11(15-12)8-16-4-2/h3-8H2,1-2H3,(H,13,14,15). The Morgan fingerprint density at radius 3 is 2.88 bits per heavy atom. The van der Waals surface area contributed by atoms with E-state index in [0.29, 0.717) is 13.2 Å². The molecule has 0 radical (unpaired) electrons. The summed E-state index contributed by atoms with van der Waals surface area (Å²) >= 11 is 0. The maximum atomic E-state index is 5.36. The van der Waals surface area contributed by atoms with Crippen molar-refractivity contribution in [2.75, 3.05) is 18.5 Å². The minimum absolute atomic E-state index is 0.516. The quantitative estimate of drug-likeness (QED) is 0.825. The van der Waals surface area contributed by atoms with Crippen molar-refractivity contribution in [3.05, 3.63) is 17.1 Å². The fourth-order valence-electron chi connectivity index (χ4n) is 2.06. The van der Waals surface area contributed by atoms with Gasteiger partial charge in [0, 0.05) is 24.4 Å². The molecule has 2 rings (SSSR count). The summed E-state index contributed by atoms with van der Waals surface area (Å²) in [6, 6.07) is 0. The molecule has 0 fully saturated rings. The molecule has 1 aromatic rings. The molecule has 4 heteroatoms.